The third-order valence-electron chi connectivity index (χ3n) is 4.49. The van der Waals surface area contributed by atoms with E-state index in [1.54, 1.807) is 4.31 Å². The van der Waals surface area contributed by atoms with Crippen LogP contribution in [0.25, 0.3) is 0 Å². The molecule has 1 aliphatic heterocycles. The molecule has 0 saturated carbocycles. The fourth-order valence-electron chi connectivity index (χ4n) is 3.37. The molecule has 110 valence electrons. The Labute approximate surface area is 121 Å². The topological polar surface area (TPSA) is 49.4 Å². The summed E-state index contributed by atoms with van der Waals surface area (Å²) in [6.07, 6.45) is 5.42. The van der Waals surface area contributed by atoms with Crippen LogP contribution in [0.2, 0.25) is 0 Å². The summed E-state index contributed by atoms with van der Waals surface area (Å²) < 4.78 is 24.6. The van der Waals surface area contributed by atoms with E-state index in [1.807, 2.05) is 0 Å². The van der Waals surface area contributed by atoms with Crippen molar-refractivity contribution in [2.45, 2.75) is 37.8 Å². The van der Waals surface area contributed by atoms with Gasteiger partial charge in [-0.15, -0.1) is 0 Å². The number of nitrogens with zero attached hydrogens (tertiary/aromatic N) is 1. The molecule has 1 aromatic rings. The van der Waals surface area contributed by atoms with Crippen LogP contribution in [0.4, 0.5) is 0 Å². The maximum atomic E-state index is 11.5. The minimum Gasteiger partial charge on any atom is -0.307 e. The molecule has 2 aliphatic rings. The molecule has 0 spiro atoms. The van der Waals surface area contributed by atoms with Gasteiger partial charge in [0.05, 0.1) is 6.26 Å². The van der Waals surface area contributed by atoms with Crippen LogP contribution in [0.3, 0.4) is 0 Å². The summed E-state index contributed by atoms with van der Waals surface area (Å²) in [4.78, 5) is 0. The molecule has 1 unspecified atom stereocenters. The molecule has 1 atom stereocenters. The number of fused-ring (bicyclic) bond motifs is 1. The van der Waals surface area contributed by atoms with Crippen molar-refractivity contribution in [2.24, 2.45) is 0 Å². The van der Waals surface area contributed by atoms with Gasteiger partial charge in [-0.25, -0.2) is 12.7 Å². The van der Waals surface area contributed by atoms with Crippen molar-refractivity contribution in [1.29, 1.82) is 0 Å². The summed E-state index contributed by atoms with van der Waals surface area (Å²) in [5, 5.41) is 3.72. The van der Waals surface area contributed by atoms with Gasteiger partial charge in [0.1, 0.15) is 0 Å². The first-order chi connectivity index (χ1) is 9.54. The van der Waals surface area contributed by atoms with Crippen LogP contribution < -0.4 is 5.32 Å². The number of piperidine rings is 1. The smallest absolute Gasteiger partial charge is 0.211 e. The van der Waals surface area contributed by atoms with E-state index in [4.69, 9.17) is 0 Å². The second kappa shape index (κ2) is 5.47. The van der Waals surface area contributed by atoms with Gasteiger partial charge in [-0.3, -0.25) is 0 Å². The van der Waals surface area contributed by atoms with Gasteiger partial charge < -0.3 is 5.32 Å². The van der Waals surface area contributed by atoms with Crippen LogP contribution in [0, 0.1) is 0 Å². The molecule has 1 N–H and O–H groups in total. The fourth-order valence-corrected chi connectivity index (χ4v) is 4.24. The van der Waals surface area contributed by atoms with Gasteiger partial charge >= 0.3 is 0 Å². The zero-order valence-corrected chi connectivity index (χ0v) is 12.7. The van der Waals surface area contributed by atoms with E-state index in [-0.39, 0.29) is 0 Å². The van der Waals surface area contributed by atoms with Crippen LogP contribution >= 0.6 is 0 Å². The van der Waals surface area contributed by atoms with E-state index < -0.39 is 10.0 Å². The zero-order chi connectivity index (χ0) is 14.2. The van der Waals surface area contributed by atoms with Crippen molar-refractivity contribution < 1.29 is 8.42 Å². The van der Waals surface area contributed by atoms with E-state index in [0.717, 1.165) is 25.7 Å². The van der Waals surface area contributed by atoms with Crippen LogP contribution in [0.15, 0.2) is 24.3 Å². The van der Waals surface area contributed by atoms with E-state index in [1.165, 1.54) is 17.4 Å². The van der Waals surface area contributed by atoms with Crippen LogP contribution in [-0.2, 0) is 16.4 Å². The standard InChI is InChI=1S/C15H22N2O2S/c1-20(18,19)17-10-8-13(9-11-17)16-15-7-6-12-4-2-3-5-14(12)15/h2-5,13,15-16H,6-11H2,1H3. The van der Waals surface area contributed by atoms with Crippen molar-refractivity contribution in [2.75, 3.05) is 19.3 Å². The monoisotopic (exact) mass is 294 g/mol. The lowest BCUT2D eigenvalue weighted by Gasteiger charge is -2.32. The molecule has 1 heterocycles. The summed E-state index contributed by atoms with van der Waals surface area (Å²) in [6.45, 7) is 1.29. The van der Waals surface area contributed by atoms with E-state index >= 15 is 0 Å². The van der Waals surface area contributed by atoms with Gasteiger partial charge in [0, 0.05) is 25.2 Å². The Morgan fingerprint density at radius 1 is 1.15 bits per heavy atom. The highest BCUT2D eigenvalue weighted by molar-refractivity contribution is 7.88. The van der Waals surface area contributed by atoms with Gasteiger partial charge in [0.25, 0.3) is 0 Å². The summed E-state index contributed by atoms with van der Waals surface area (Å²) >= 11 is 0. The third-order valence-corrected chi connectivity index (χ3v) is 5.80. The summed E-state index contributed by atoms with van der Waals surface area (Å²) in [7, 11) is -3.02. The molecule has 3 rings (SSSR count). The highest BCUT2D eigenvalue weighted by atomic mass is 32.2. The average Bonchev–Trinajstić information content (AvgIpc) is 2.82. The molecular formula is C15H22N2O2S. The van der Waals surface area contributed by atoms with Crippen LogP contribution in [-0.4, -0.2) is 38.1 Å². The van der Waals surface area contributed by atoms with Crippen LogP contribution in [0.1, 0.15) is 36.4 Å². The molecule has 5 heteroatoms. The summed E-state index contributed by atoms with van der Waals surface area (Å²) in [5.74, 6) is 0. The highest BCUT2D eigenvalue weighted by Gasteiger charge is 2.28. The largest absolute Gasteiger partial charge is 0.307 e. The molecule has 0 amide bonds. The summed E-state index contributed by atoms with van der Waals surface area (Å²) in [5.41, 5.74) is 2.89. The Bertz CT molecular complexity index is 577. The molecule has 0 aromatic heterocycles. The molecule has 1 aliphatic carbocycles. The normalized spacial score (nSPS) is 24.8. The van der Waals surface area contributed by atoms with Crippen molar-refractivity contribution in [3.8, 4) is 0 Å². The lowest BCUT2D eigenvalue weighted by atomic mass is 10.0. The van der Waals surface area contributed by atoms with Crippen LogP contribution in [0.5, 0.6) is 0 Å². The van der Waals surface area contributed by atoms with Crippen molar-refractivity contribution in [3.63, 3.8) is 0 Å². The van der Waals surface area contributed by atoms with E-state index in [9.17, 15) is 8.42 Å². The van der Waals surface area contributed by atoms with Crippen molar-refractivity contribution in [3.05, 3.63) is 35.4 Å². The van der Waals surface area contributed by atoms with Gasteiger partial charge in [-0.05, 0) is 36.8 Å². The van der Waals surface area contributed by atoms with Gasteiger partial charge in [0.2, 0.25) is 10.0 Å². The number of hydrogen-bond donors (Lipinski definition) is 1. The van der Waals surface area contributed by atoms with Crippen molar-refractivity contribution >= 4 is 10.0 Å². The molecule has 0 radical (unpaired) electrons. The second-order valence-corrected chi connectivity index (χ2v) is 7.88. The first-order valence-corrected chi connectivity index (χ1v) is 9.18. The molecule has 20 heavy (non-hydrogen) atoms. The summed E-state index contributed by atoms with van der Waals surface area (Å²) in [6, 6.07) is 9.51. The first-order valence-electron chi connectivity index (χ1n) is 7.33. The minimum absolute atomic E-state index is 0.434. The Morgan fingerprint density at radius 3 is 2.55 bits per heavy atom. The molecule has 4 nitrogen and oxygen atoms in total. The number of sulfonamides is 1. The quantitative estimate of drug-likeness (QED) is 0.923. The predicted octanol–water partition coefficient (Wildman–Crippen LogP) is 1.69. The molecule has 0 bridgehead atoms. The maximum absolute atomic E-state index is 11.5. The SMILES string of the molecule is CS(=O)(=O)N1CCC(NC2CCc3ccccc32)CC1. The molecule has 1 saturated heterocycles. The first kappa shape index (κ1) is 14.0. The number of rotatable bonds is 3. The molecular weight excluding hydrogens is 272 g/mol. The number of nitrogens with one attached hydrogen (secondary N) is 1. The lowest BCUT2D eigenvalue weighted by molar-refractivity contribution is 0.274. The number of hydrogen-bond acceptors (Lipinski definition) is 3. The average molecular weight is 294 g/mol. The zero-order valence-electron chi connectivity index (χ0n) is 11.9. The van der Waals surface area contributed by atoms with E-state index in [0.29, 0.717) is 25.2 Å². The number of aryl methyl sites for hydroxylation is 1. The van der Waals surface area contributed by atoms with Gasteiger partial charge in [-0.2, -0.15) is 0 Å². The molecule has 1 fully saturated rings. The minimum atomic E-state index is -3.02. The maximum Gasteiger partial charge on any atom is 0.211 e. The predicted molar refractivity (Wildman–Crippen MR) is 80.1 cm³/mol. The van der Waals surface area contributed by atoms with Crippen molar-refractivity contribution in [1.82, 2.24) is 9.62 Å². The third kappa shape index (κ3) is 2.90. The molecule has 1 aromatic carbocycles. The lowest BCUT2D eigenvalue weighted by Crippen LogP contribution is -2.45. The Kier molecular flexibility index (Phi) is 3.84. The van der Waals surface area contributed by atoms with E-state index in [2.05, 4.69) is 29.6 Å². The fraction of sp³-hybridized carbons (Fsp3) is 0.600. The Balaban J connectivity index is 1.59. The Hall–Kier alpha value is -0.910. The Morgan fingerprint density at radius 2 is 1.85 bits per heavy atom. The van der Waals surface area contributed by atoms with Gasteiger partial charge in [-0.1, -0.05) is 24.3 Å². The highest BCUT2D eigenvalue weighted by Crippen LogP contribution is 2.32. The second-order valence-electron chi connectivity index (χ2n) is 5.89. The van der Waals surface area contributed by atoms with Gasteiger partial charge in [0.15, 0.2) is 0 Å². The number of benzene rings is 1.